The molecule has 5 heteroatoms. The molecule has 15 heavy (non-hydrogen) atoms. The molecule has 0 bridgehead atoms. The van der Waals surface area contributed by atoms with E-state index in [1.807, 2.05) is 0 Å². The topological polar surface area (TPSA) is 50.9 Å². The Morgan fingerprint density at radius 1 is 1.47 bits per heavy atom. The molecule has 84 valence electrons. The highest BCUT2D eigenvalue weighted by molar-refractivity contribution is 6.35. The van der Waals surface area contributed by atoms with Gasteiger partial charge in [0.1, 0.15) is 5.82 Å². The van der Waals surface area contributed by atoms with E-state index in [-0.39, 0.29) is 5.41 Å². The third-order valence-corrected chi connectivity index (χ3v) is 2.59. The second-order valence-corrected chi connectivity index (χ2v) is 5.05. The van der Waals surface area contributed by atoms with E-state index in [1.165, 1.54) is 0 Å². The molecular weight excluding hydrogens is 233 g/mol. The van der Waals surface area contributed by atoms with Crippen LogP contribution in [0.1, 0.15) is 13.8 Å². The Bertz CT molecular complexity index is 339. The van der Waals surface area contributed by atoms with E-state index in [0.717, 1.165) is 6.54 Å². The summed E-state index contributed by atoms with van der Waals surface area (Å²) in [6, 6.07) is 1.66. The molecule has 0 atom stereocenters. The molecule has 0 aliphatic heterocycles. The Balaban J connectivity index is 2.66. The summed E-state index contributed by atoms with van der Waals surface area (Å²) in [5.74, 6) is 0.641. The Kier molecular flexibility index (Phi) is 4.20. The second kappa shape index (κ2) is 5.01. The smallest absolute Gasteiger partial charge is 0.144 e. The molecule has 0 spiro atoms. The van der Waals surface area contributed by atoms with Crippen LogP contribution in [0.5, 0.6) is 0 Å². The van der Waals surface area contributed by atoms with Crippen LogP contribution in [0.15, 0.2) is 12.3 Å². The van der Waals surface area contributed by atoms with Crippen molar-refractivity contribution in [3.05, 3.63) is 22.3 Å². The maximum absolute atomic E-state index is 5.96. The molecule has 1 aromatic rings. The number of hydrogen-bond donors (Lipinski definition) is 2. The van der Waals surface area contributed by atoms with Crippen molar-refractivity contribution in [2.75, 3.05) is 18.4 Å². The number of aromatic nitrogens is 1. The van der Waals surface area contributed by atoms with Gasteiger partial charge in [0.2, 0.25) is 0 Å². The van der Waals surface area contributed by atoms with Gasteiger partial charge in [0.25, 0.3) is 0 Å². The third kappa shape index (κ3) is 3.86. The van der Waals surface area contributed by atoms with Crippen molar-refractivity contribution in [3.8, 4) is 0 Å². The fourth-order valence-corrected chi connectivity index (χ4v) is 1.39. The minimum atomic E-state index is 0.0185. The lowest BCUT2D eigenvalue weighted by Gasteiger charge is -2.23. The SMILES string of the molecule is CC(C)(CN)CNc1ncc(Cl)cc1Cl. The van der Waals surface area contributed by atoms with Crippen molar-refractivity contribution in [1.29, 1.82) is 0 Å². The molecule has 0 fully saturated rings. The number of pyridine rings is 1. The Morgan fingerprint density at radius 2 is 2.13 bits per heavy atom. The zero-order valence-corrected chi connectivity index (χ0v) is 10.4. The first-order valence-electron chi connectivity index (χ1n) is 4.69. The predicted molar refractivity (Wildman–Crippen MR) is 65.6 cm³/mol. The van der Waals surface area contributed by atoms with Gasteiger partial charge in [-0.2, -0.15) is 0 Å². The van der Waals surface area contributed by atoms with Gasteiger partial charge in [-0.1, -0.05) is 37.0 Å². The summed E-state index contributed by atoms with van der Waals surface area (Å²) in [6.07, 6.45) is 1.56. The summed E-state index contributed by atoms with van der Waals surface area (Å²) >= 11 is 11.7. The zero-order chi connectivity index (χ0) is 11.5. The molecule has 1 aromatic heterocycles. The molecule has 3 nitrogen and oxygen atoms in total. The van der Waals surface area contributed by atoms with Crippen LogP contribution in [0.25, 0.3) is 0 Å². The number of rotatable bonds is 4. The quantitative estimate of drug-likeness (QED) is 0.861. The van der Waals surface area contributed by atoms with Gasteiger partial charge in [-0.15, -0.1) is 0 Å². The van der Waals surface area contributed by atoms with E-state index in [0.29, 0.717) is 22.4 Å². The molecule has 3 N–H and O–H groups in total. The van der Waals surface area contributed by atoms with Gasteiger partial charge in [-0.3, -0.25) is 0 Å². The van der Waals surface area contributed by atoms with Crippen molar-refractivity contribution >= 4 is 29.0 Å². The van der Waals surface area contributed by atoms with E-state index < -0.39 is 0 Å². The third-order valence-electron chi connectivity index (χ3n) is 2.09. The van der Waals surface area contributed by atoms with Crippen molar-refractivity contribution in [2.24, 2.45) is 11.1 Å². The van der Waals surface area contributed by atoms with Gasteiger partial charge >= 0.3 is 0 Å². The molecule has 0 radical (unpaired) electrons. The van der Waals surface area contributed by atoms with Crippen LogP contribution in [0, 0.1) is 5.41 Å². The monoisotopic (exact) mass is 247 g/mol. The lowest BCUT2D eigenvalue weighted by atomic mass is 9.94. The van der Waals surface area contributed by atoms with Crippen LogP contribution in [-0.2, 0) is 0 Å². The zero-order valence-electron chi connectivity index (χ0n) is 8.85. The van der Waals surface area contributed by atoms with Crippen LogP contribution in [-0.4, -0.2) is 18.1 Å². The summed E-state index contributed by atoms with van der Waals surface area (Å²) in [7, 11) is 0. The molecule has 1 rings (SSSR count). The molecule has 0 saturated carbocycles. The van der Waals surface area contributed by atoms with E-state index in [2.05, 4.69) is 24.1 Å². The van der Waals surface area contributed by atoms with Crippen molar-refractivity contribution in [2.45, 2.75) is 13.8 Å². The first-order valence-corrected chi connectivity index (χ1v) is 5.45. The maximum atomic E-state index is 5.96. The van der Waals surface area contributed by atoms with E-state index in [4.69, 9.17) is 28.9 Å². The fraction of sp³-hybridized carbons (Fsp3) is 0.500. The maximum Gasteiger partial charge on any atom is 0.144 e. The minimum absolute atomic E-state index is 0.0185. The molecule has 0 aliphatic rings. The summed E-state index contributed by atoms with van der Waals surface area (Å²) in [4.78, 5) is 4.10. The second-order valence-electron chi connectivity index (χ2n) is 4.21. The first-order chi connectivity index (χ1) is 6.94. The largest absolute Gasteiger partial charge is 0.368 e. The van der Waals surface area contributed by atoms with Gasteiger partial charge in [0, 0.05) is 12.7 Å². The van der Waals surface area contributed by atoms with Crippen molar-refractivity contribution in [1.82, 2.24) is 4.98 Å². The van der Waals surface area contributed by atoms with Crippen LogP contribution in [0.3, 0.4) is 0 Å². The Morgan fingerprint density at radius 3 is 2.67 bits per heavy atom. The summed E-state index contributed by atoms with van der Waals surface area (Å²) in [6.45, 7) is 5.47. The average Bonchev–Trinajstić information content (AvgIpc) is 2.16. The lowest BCUT2D eigenvalue weighted by molar-refractivity contribution is 0.405. The minimum Gasteiger partial charge on any atom is -0.368 e. The lowest BCUT2D eigenvalue weighted by Crippen LogP contribution is -2.31. The van der Waals surface area contributed by atoms with Gasteiger partial charge in [-0.05, 0) is 18.0 Å². The van der Waals surface area contributed by atoms with Crippen LogP contribution in [0.2, 0.25) is 10.0 Å². The van der Waals surface area contributed by atoms with Gasteiger partial charge in [0.15, 0.2) is 0 Å². The molecule has 0 aromatic carbocycles. The fourth-order valence-electron chi connectivity index (χ4n) is 0.940. The first kappa shape index (κ1) is 12.6. The molecular formula is C10H15Cl2N3. The van der Waals surface area contributed by atoms with E-state index >= 15 is 0 Å². The van der Waals surface area contributed by atoms with Gasteiger partial charge in [0.05, 0.1) is 10.0 Å². The Labute approximate surface area is 100.0 Å². The number of nitrogens with one attached hydrogen (secondary N) is 1. The number of halogens is 2. The van der Waals surface area contributed by atoms with Crippen LogP contribution in [0.4, 0.5) is 5.82 Å². The number of hydrogen-bond acceptors (Lipinski definition) is 3. The standard InChI is InChI=1S/C10H15Cl2N3/c1-10(2,5-13)6-15-9-8(12)3-7(11)4-14-9/h3-4H,5-6,13H2,1-2H3,(H,14,15). The number of anilines is 1. The van der Waals surface area contributed by atoms with E-state index in [1.54, 1.807) is 12.3 Å². The highest BCUT2D eigenvalue weighted by Crippen LogP contribution is 2.23. The van der Waals surface area contributed by atoms with Crippen molar-refractivity contribution < 1.29 is 0 Å². The molecule has 0 unspecified atom stereocenters. The Hall–Kier alpha value is -0.510. The van der Waals surface area contributed by atoms with E-state index in [9.17, 15) is 0 Å². The summed E-state index contributed by atoms with van der Waals surface area (Å²) in [5.41, 5.74) is 5.64. The predicted octanol–water partition coefficient (Wildman–Crippen LogP) is 2.79. The van der Waals surface area contributed by atoms with Gasteiger partial charge in [-0.25, -0.2) is 4.98 Å². The highest BCUT2D eigenvalue weighted by Gasteiger charge is 2.15. The molecule has 0 amide bonds. The average molecular weight is 248 g/mol. The normalized spacial score (nSPS) is 11.5. The summed E-state index contributed by atoms with van der Waals surface area (Å²) in [5, 5.41) is 4.20. The summed E-state index contributed by atoms with van der Waals surface area (Å²) < 4.78 is 0. The number of nitrogens with two attached hydrogens (primary N) is 1. The van der Waals surface area contributed by atoms with Gasteiger partial charge < -0.3 is 11.1 Å². The highest BCUT2D eigenvalue weighted by atomic mass is 35.5. The molecule has 0 aliphatic carbocycles. The van der Waals surface area contributed by atoms with Crippen molar-refractivity contribution in [3.63, 3.8) is 0 Å². The molecule has 1 heterocycles. The number of nitrogens with zero attached hydrogens (tertiary/aromatic N) is 1. The van der Waals surface area contributed by atoms with Crippen LogP contribution < -0.4 is 11.1 Å². The molecule has 0 saturated heterocycles. The van der Waals surface area contributed by atoms with Crippen LogP contribution >= 0.6 is 23.2 Å².